The predicted molar refractivity (Wildman–Crippen MR) is 122 cm³/mol. The summed E-state index contributed by atoms with van der Waals surface area (Å²) in [7, 11) is 0. The van der Waals surface area contributed by atoms with Crippen molar-refractivity contribution in [2.75, 3.05) is 0 Å². The minimum Gasteiger partial charge on any atom is -0.508 e. The second kappa shape index (κ2) is 8.54. The van der Waals surface area contributed by atoms with Gasteiger partial charge in [-0.25, -0.2) is 0 Å². The molecular formula is C26H36O5. The van der Waals surface area contributed by atoms with Crippen LogP contribution in [0.4, 0.5) is 0 Å². The topological polar surface area (TPSA) is 87.0 Å². The lowest BCUT2D eigenvalue weighted by molar-refractivity contribution is -0.165. The Morgan fingerprint density at radius 1 is 0.839 bits per heavy atom. The van der Waals surface area contributed by atoms with E-state index in [1.807, 2.05) is 72.7 Å². The van der Waals surface area contributed by atoms with Gasteiger partial charge in [-0.05, 0) is 52.1 Å². The summed E-state index contributed by atoms with van der Waals surface area (Å²) in [4.78, 5) is 12.6. The van der Waals surface area contributed by atoms with Crippen LogP contribution in [0.5, 0.6) is 11.5 Å². The second-order valence-corrected chi connectivity index (χ2v) is 10.6. The van der Waals surface area contributed by atoms with Crippen LogP contribution in [0.3, 0.4) is 0 Å². The SMILES string of the molecule is CC(O)OC(=O)CC(C)(c1ccc(O)c(C(C)(C)C)c1)c1ccc(O)c(C(C)(C)C)c1. The molecule has 0 aliphatic rings. The molecule has 2 aromatic carbocycles. The molecule has 0 spiro atoms. The molecule has 0 saturated heterocycles. The highest BCUT2D eigenvalue weighted by Crippen LogP contribution is 2.42. The highest BCUT2D eigenvalue weighted by atomic mass is 16.6. The molecule has 0 amide bonds. The van der Waals surface area contributed by atoms with E-state index in [0.29, 0.717) is 0 Å². The lowest BCUT2D eigenvalue weighted by Crippen LogP contribution is -2.30. The van der Waals surface area contributed by atoms with Gasteiger partial charge in [0.15, 0.2) is 6.29 Å². The predicted octanol–water partition coefficient (Wildman–Crippen LogP) is 5.27. The number of phenols is 2. The van der Waals surface area contributed by atoms with Crippen molar-refractivity contribution in [1.82, 2.24) is 0 Å². The van der Waals surface area contributed by atoms with Crippen molar-refractivity contribution in [3.8, 4) is 11.5 Å². The Balaban J connectivity index is 2.73. The van der Waals surface area contributed by atoms with E-state index in [1.165, 1.54) is 6.92 Å². The summed E-state index contributed by atoms with van der Waals surface area (Å²) in [5, 5.41) is 30.4. The molecule has 0 aliphatic heterocycles. The van der Waals surface area contributed by atoms with Crippen LogP contribution >= 0.6 is 0 Å². The highest BCUT2D eigenvalue weighted by Gasteiger charge is 2.35. The number of aliphatic hydroxyl groups is 1. The summed E-state index contributed by atoms with van der Waals surface area (Å²) in [6.07, 6.45) is -1.22. The maximum atomic E-state index is 12.6. The number of carbonyl (C=O) groups excluding carboxylic acids is 1. The third kappa shape index (κ3) is 5.59. The van der Waals surface area contributed by atoms with Crippen LogP contribution in [0.15, 0.2) is 36.4 Å². The molecule has 3 N–H and O–H groups in total. The first-order chi connectivity index (χ1) is 14.1. The summed E-state index contributed by atoms with van der Waals surface area (Å²) in [5.74, 6) is -0.134. The van der Waals surface area contributed by atoms with Gasteiger partial charge in [0.25, 0.3) is 0 Å². The van der Waals surface area contributed by atoms with Gasteiger partial charge >= 0.3 is 5.97 Å². The van der Waals surface area contributed by atoms with Crippen LogP contribution in [-0.2, 0) is 25.8 Å². The van der Waals surface area contributed by atoms with E-state index in [9.17, 15) is 20.1 Å². The van der Waals surface area contributed by atoms with Crippen molar-refractivity contribution in [2.45, 2.75) is 84.3 Å². The fourth-order valence-corrected chi connectivity index (χ4v) is 3.85. The Bertz CT molecular complexity index is 882. The average Bonchev–Trinajstić information content (AvgIpc) is 2.59. The standard InChI is InChI=1S/C26H36O5/c1-16(27)31-23(30)15-26(8,17-9-11-21(28)19(13-17)24(2,3)4)18-10-12-22(29)20(14-18)25(5,6)7/h9-14,16,27-29H,15H2,1-8H3. The van der Waals surface area contributed by atoms with E-state index in [-0.39, 0.29) is 28.7 Å². The van der Waals surface area contributed by atoms with E-state index in [4.69, 9.17) is 4.74 Å². The highest BCUT2D eigenvalue weighted by molar-refractivity contribution is 5.73. The zero-order chi connectivity index (χ0) is 23.8. The molecule has 2 aromatic rings. The monoisotopic (exact) mass is 428 g/mol. The number of benzene rings is 2. The number of aromatic hydroxyl groups is 2. The number of hydrogen-bond acceptors (Lipinski definition) is 5. The number of carbonyl (C=O) groups is 1. The Morgan fingerprint density at radius 2 is 1.23 bits per heavy atom. The van der Waals surface area contributed by atoms with Crippen LogP contribution in [0, 0.1) is 0 Å². The van der Waals surface area contributed by atoms with Gasteiger partial charge in [0.05, 0.1) is 6.42 Å². The number of ether oxygens (including phenoxy) is 1. The fraction of sp³-hybridized carbons (Fsp3) is 0.500. The molecule has 0 fully saturated rings. The quantitative estimate of drug-likeness (QED) is 0.446. The van der Waals surface area contributed by atoms with Crippen molar-refractivity contribution in [3.63, 3.8) is 0 Å². The molecule has 0 bridgehead atoms. The van der Waals surface area contributed by atoms with Gasteiger partial charge in [-0.15, -0.1) is 0 Å². The smallest absolute Gasteiger partial charge is 0.309 e. The van der Waals surface area contributed by atoms with Crippen molar-refractivity contribution in [2.24, 2.45) is 0 Å². The second-order valence-electron chi connectivity index (χ2n) is 10.6. The number of phenolic OH excluding ortho intramolecular Hbond substituents is 2. The lowest BCUT2D eigenvalue weighted by Gasteiger charge is -2.33. The van der Waals surface area contributed by atoms with Crippen LogP contribution in [0.25, 0.3) is 0 Å². The van der Waals surface area contributed by atoms with Crippen LogP contribution in [0.2, 0.25) is 0 Å². The largest absolute Gasteiger partial charge is 0.508 e. The van der Waals surface area contributed by atoms with Crippen molar-refractivity contribution in [3.05, 3.63) is 58.7 Å². The van der Waals surface area contributed by atoms with Gasteiger partial charge in [-0.1, -0.05) is 72.7 Å². The van der Waals surface area contributed by atoms with Gasteiger partial charge < -0.3 is 20.1 Å². The normalized spacial score (nSPS) is 13.7. The molecule has 0 aromatic heterocycles. The summed E-state index contributed by atoms with van der Waals surface area (Å²) < 4.78 is 5.05. The molecule has 1 atom stereocenters. The van der Waals surface area contributed by atoms with E-state index in [2.05, 4.69) is 0 Å². The minimum atomic E-state index is -1.20. The van der Waals surface area contributed by atoms with Crippen molar-refractivity contribution < 1.29 is 24.9 Å². The summed E-state index contributed by atoms with van der Waals surface area (Å²) in [6.45, 7) is 15.4. The molecule has 2 rings (SSSR count). The Hall–Kier alpha value is -2.53. The molecule has 170 valence electrons. The molecule has 0 heterocycles. The van der Waals surface area contributed by atoms with Crippen molar-refractivity contribution >= 4 is 5.97 Å². The molecule has 0 radical (unpaired) electrons. The third-order valence-electron chi connectivity index (χ3n) is 5.68. The Kier molecular flexibility index (Phi) is 6.82. The molecule has 31 heavy (non-hydrogen) atoms. The fourth-order valence-electron chi connectivity index (χ4n) is 3.85. The maximum absolute atomic E-state index is 12.6. The third-order valence-corrected chi connectivity index (χ3v) is 5.68. The van der Waals surface area contributed by atoms with Crippen LogP contribution in [-0.4, -0.2) is 27.6 Å². The molecule has 0 saturated carbocycles. The summed E-state index contributed by atoms with van der Waals surface area (Å²) >= 11 is 0. The summed E-state index contributed by atoms with van der Waals surface area (Å²) in [5.41, 5.74) is 1.81. The number of esters is 1. The van der Waals surface area contributed by atoms with E-state index < -0.39 is 17.7 Å². The van der Waals surface area contributed by atoms with Crippen molar-refractivity contribution in [1.29, 1.82) is 0 Å². The van der Waals surface area contributed by atoms with E-state index in [1.54, 1.807) is 12.1 Å². The zero-order valence-electron chi connectivity index (χ0n) is 19.9. The Labute approximate surface area is 185 Å². The first kappa shape index (κ1) is 24.7. The molecular weight excluding hydrogens is 392 g/mol. The number of hydrogen-bond donors (Lipinski definition) is 3. The van der Waals surface area contributed by atoms with E-state index in [0.717, 1.165) is 22.3 Å². The van der Waals surface area contributed by atoms with Crippen LogP contribution < -0.4 is 0 Å². The van der Waals surface area contributed by atoms with Gasteiger partial charge in [-0.2, -0.15) is 0 Å². The van der Waals surface area contributed by atoms with Gasteiger partial charge in [0.1, 0.15) is 11.5 Å². The van der Waals surface area contributed by atoms with Gasteiger partial charge in [0.2, 0.25) is 0 Å². The van der Waals surface area contributed by atoms with E-state index >= 15 is 0 Å². The molecule has 0 aliphatic carbocycles. The first-order valence-electron chi connectivity index (χ1n) is 10.6. The number of aliphatic hydroxyl groups excluding tert-OH is 1. The van der Waals surface area contributed by atoms with Gasteiger partial charge in [-0.3, -0.25) is 4.79 Å². The molecule has 5 heteroatoms. The lowest BCUT2D eigenvalue weighted by atomic mass is 9.70. The zero-order valence-corrected chi connectivity index (χ0v) is 19.9. The first-order valence-corrected chi connectivity index (χ1v) is 10.6. The maximum Gasteiger partial charge on any atom is 0.309 e. The van der Waals surface area contributed by atoms with Crippen LogP contribution in [0.1, 0.15) is 84.1 Å². The molecule has 5 nitrogen and oxygen atoms in total. The molecule has 1 unspecified atom stereocenters. The van der Waals surface area contributed by atoms with Gasteiger partial charge in [0, 0.05) is 5.41 Å². The average molecular weight is 429 g/mol. The number of rotatable bonds is 5. The summed E-state index contributed by atoms with van der Waals surface area (Å²) in [6, 6.07) is 10.8. The Morgan fingerprint density at radius 3 is 1.55 bits per heavy atom. The minimum absolute atomic E-state index is 0.0133.